The first-order valence-electron chi connectivity index (χ1n) is 12.2. The number of benzene rings is 1. The van der Waals surface area contributed by atoms with E-state index < -0.39 is 11.2 Å². The minimum absolute atomic E-state index is 0.000737. The van der Waals surface area contributed by atoms with Crippen LogP contribution in [0.25, 0.3) is 0 Å². The van der Waals surface area contributed by atoms with Gasteiger partial charge in [-0.2, -0.15) is 10.1 Å². The largest absolute Gasteiger partial charge is 0.337 e. The molecule has 2 fully saturated rings. The molecule has 10 heteroatoms. The molecule has 0 aliphatic carbocycles. The average Bonchev–Trinajstić information content (AvgIpc) is 3.04. The number of nitrogens with zero attached hydrogens (tertiary/aromatic N) is 5. The summed E-state index contributed by atoms with van der Waals surface area (Å²) in [5, 5.41) is 14.4. The van der Waals surface area contributed by atoms with Crippen LogP contribution in [0.2, 0.25) is 5.02 Å². The minimum atomic E-state index is -0.647. The number of amides is 1. The lowest BCUT2D eigenvalue weighted by Gasteiger charge is -2.50. The lowest BCUT2D eigenvalue weighted by Crippen LogP contribution is -2.74. The van der Waals surface area contributed by atoms with E-state index in [1.54, 1.807) is 6.08 Å². The number of carbonyl (C=O) groups is 1. The molecule has 0 saturated carbocycles. The van der Waals surface area contributed by atoms with E-state index in [0.29, 0.717) is 41.4 Å². The smallest absolute Gasteiger partial charge is 0.245 e. The Hall–Kier alpha value is -2.94. The van der Waals surface area contributed by atoms with Gasteiger partial charge in [-0.1, -0.05) is 60.1 Å². The summed E-state index contributed by atoms with van der Waals surface area (Å²) in [4.78, 5) is 24.2. The molecule has 1 spiro atoms. The highest BCUT2D eigenvalue weighted by molar-refractivity contribution is 6.34. The van der Waals surface area contributed by atoms with Crippen molar-refractivity contribution in [3.63, 3.8) is 0 Å². The summed E-state index contributed by atoms with van der Waals surface area (Å²) in [5.41, 5.74) is 1.47. The van der Waals surface area contributed by atoms with E-state index >= 15 is 0 Å². The van der Waals surface area contributed by atoms with Crippen molar-refractivity contribution in [2.75, 3.05) is 13.1 Å². The van der Waals surface area contributed by atoms with Gasteiger partial charge in [0.15, 0.2) is 0 Å². The van der Waals surface area contributed by atoms with Crippen molar-refractivity contribution in [2.45, 2.75) is 58.4 Å². The number of guanidine groups is 1. The highest BCUT2D eigenvalue weighted by atomic mass is 35.5. The molecule has 8 nitrogen and oxygen atoms in total. The molecule has 1 atom stereocenters. The molecule has 0 aromatic heterocycles. The topological polar surface area (TPSA) is 84.7 Å². The van der Waals surface area contributed by atoms with Crippen LogP contribution in [-0.4, -0.2) is 63.8 Å². The number of hydrazone groups is 1. The Morgan fingerprint density at radius 3 is 2.59 bits per heavy atom. The van der Waals surface area contributed by atoms with Crippen molar-refractivity contribution in [2.24, 2.45) is 15.1 Å². The van der Waals surface area contributed by atoms with E-state index in [2.05, 4.69) is 27.1 Å². The molecule has 2 N–H and O–H groups in total. The van der Waals surface area contributed by atoms with Crippen LogP contribution in [0.3, 0.4) is 0 Å². The fraction of sp³-hybridized carbons (Fsp3) is 0.407. The van der Waals surface area contributed by atoms with Crippen LogP contribution in [0.5, 0.6) is 0 Å². The molecule has 3 heterocycles. The molecule has 1 unspecified atom stereocenters. The number of amidine groups is 1. The SMILES string of the molecule is C=C(Cl)/C=C\C(=C/C)C/C(=N\N1C(N2CC3(C2)NC(C)(C)NC3=O)=NC(C)=NC1C)c1ccccc1Cl. The van der Waals surface area contributed by atoms with Gasteiger partial charge in [0.1, 0.15) is 17.5 Å². The summed E-state index contributed by atoms with van der Waals surface area (Å²) in [6, 6.07) is 7.62. The number of aliphatic imine (C=N–C) groups is 2. The van der Waals surface area contributed by atoms with Gasteiger partial charge in [-0.3, -0.25) is 10.1 Å². The maximum Gasteiger partial charge on any atom is 0.245 e. The zero-order chi connectivity index (χ0) is 27.0. The van der Waals surface area contributed by atoms with Gasteiger partial charge in [0.25, 0.3) is 0 Å². The molecule has 0 bridgehead atoms. The third-order valence-corrected chi connectivity index (χ3v) is 6.90. The van der Waals surface area contributed by atoms with Crippen LogP contribution in [0.15, 0.2) is 74.8 Å². The van der Waals surface area contributed by atoms with Crippen molar-refractivity contribution in [3.8, 4) is 0 Å². The quantitative estimate of drug-likeness (QED) is 0.406. The van der Waals surface area contributed by atoms with E-state index in [1.807, 2.05) is 76.0 Å². The molecule has 4 rings (SSSR count). The fourth-order valence-corrected chi connectivity index (χ4v) is 5.09. The normalized spacial score (nSPS) is 23.2. The predicted molar refractivity (Wildman–Crippen MR) is 152 cm³/mol. The van der Waals surface area contributed by atoms with Crippen molar-refractivity contribution in [3.05, 3.63) is 70.3 Å². The Labute approximate surface area is 228 Å². The summed E-state index contributed by atoms with van der Waals surface area (Å²) >= 11 is 12.6. The highest BCUT2D eigenvalue weighted by Crippen LogP contribution is 2.31. The molecule has 2 saturated heterocycles. The Balaban J connectivity index is 1.69. The number of nitrogens with one attached hydrogen (secondary N) is 2. The van der Waals surface area contributed by atoms with Gasteiger partial charge >= 0.3 is 0 Å². The molecule has 3 aliphatic heterocycles. The van der Waals surface area contributed by atoms with Crippen molar-refractivity contribution in [1.82, 2.24) is 20.5 Å². The molecule has 196 valence electrons. The predicted octanol–water partition coefficient (Wildman–Crippen LogP) is 4.64. The van der Waals surface area contributed by atoms with Crippen molar-refractivity contribution >= 4 is 46.6 Å². The van der Waals surface area contributed by atoms with Gasteiger partial charge in [0.05, 0.1) is 11.4 Å². The number of likely N-dealkylation sites (tertiary alicyclic amines) is 1. The van der Waals surface area contributed by atoms with Gasteiger partial charge in [0.2, 0.25) is 11.9 Å². The first kappa shape index (κ1) is 27.1. The number of halogens is 2. The lowest BCUT2D eigenvalue weighted by atomic mass is 9.90. The zero-order valence-electron chi connectivity index (χ0n) is 21.8. The second-order valence-electron chi connectivity index (χ2n) is 10.1. The van der Waals surface area contributed by atoms with E-state index in [9.17, 15) is 4.79 Å². The maximum absolute atomic E-state index is 12.7. The monoisotopic (exact) mass is 541 g/mol. The standard InChI is InChI=1S/C27H33Cl2N7O/c1-7-20(13-12-17(2)28)14-23(21-10-8-9-11-22(21)29)33-36-19(4)30-18(3)31-25(36)35-15-27(16-35)24(37)32-26(5,6)34-27/h7-13,19,34H,2,14-16H2,1,3-6H3,(H,32,37)/b13-12-,20-7+,33-23+. The zero-order valence-corrected chi connectivity index (χ0v) is 23.4. The molecule has 1 aromatic carbocycles. The first-order chi connectivity index (χ1) is 17.4. The van der Waals surface area contributed by atoms with Gasteiger partial charge in [-0.25, -0.2) is 10.0 Å². The summed E-state index contributed by atoms with van der Waals surface area (Å²) in [6.45, 7) is 14.4. The summed E-state index contributed by atoms with van der Waals surface area (Å²) in [5.74, 6) is 1.32. The maximum atomic E-state index is 12.7. The van der Waals surface area contributed by atoms with E-state index in [0.717, 1.165) is 16.8 Å². The summed E-state index contributed by atoms with van der Waals surface area (Å²) in [6.07, 6.45) is 5.89. The first-order valence-corrected chi connectivity index (χ1v) is 13.0. The number of carbonyl (C=O) groups excluding carboxylic acids is 1. The van der Waals surface area contributed by atoms with Gasteiger partial charge < -0.3 is 10.2 Å². The number of hydrogen-bond acceptors (Lipinski definition) is 7. The third kappa shape index (κ3) is 5.81. The van der Waals surface area contributed by atoms with Crippen LogP contribution in [0.1, 0.15) is 46.6 Å². The Bertz CT molecular complexity index is 1250. The van der Waals surface area contributed by atoms with Crippen LogP contribution in [-0.2, 0) is 4.79 Å². The lowest BCUT2D eigenvalue weighted by molar-refractivity contribution is -0.128. The van der Waals surface area contributed by atoms with Crippen molar-refractivity contribution in [1.29, 1.82) is 0 Å². The molecule has 1 aromatic rings. The second kappa shape index (κ2) is 10.4. The summed E-state index contributed by atoms with van der Waals surface area (Å²) in [7, 11) is 0. The molecule has 3 aliphatic rings. The average molecular weight is 543 g/mol. The van der Waals surface area contributed by atoms with E-state index in [-0.39, 0.29) is 12.1 Å². The van der Waals surface area contributed by atoms with Crippen LogP contribution in [0, 0.1) is 0 Å². The molecular weight excluding hydrogens is 509 g/mol. The highest BCUT2D eigenvalue weighted by Gasteiger charge is 2.58. The van der Waals surface area contributed by atoms with Crippen LogP contribution < -0.4 is 10.6 Å². The molecule has 0 radical (unpaired) electrons. The van der Waals surface area contributed by atoms with Gasteiger partial charge in [-0.05, 0) is 52.3 Å². The van der Waals surface area contributed by atoms with Crippen LogP contribution >= 0.6 is 23.2 Å². The third-order valence-electron chi connectivity index (χ3n) is 6.45. The number of hydrogen-bond donors (Lipinski definition) is 2. The minimum Gasteiger partial charge on any atom is -0.337 e. The second-order valence-corrected chi connectivity index (χ2v) is 10.9. The fourth-order valence-electron chi connectivity index (χ4n) is 4.78. The van der Waals surface area contributed by atoms with Crippen molar-refractivity contribution < 1.29 is 4.79 Å². The van der Waals surface area contributed by atoms with Gasteiger partial charge in [-0.15, -0.1) is 0 Å². The molecule has 37 heavy (non-hydrogen) atoms. The molecule has 1 amide bonds. The van der Waals surface area contributed by atoms with Gasteiger partial charge in [0, 0.05) is 35.1 Å². The van der Waals surface area contributed by atoms with E-state index in [1.165, 1.54) is 0 Å². The Morgan fingerprint density at radius 1 is 1.30 bits per heavy atom. The summed E-state index contributed by atoms with van der Waals surface area (Å²) < 4.78 is 0. The Morgan fingerprint density at radius 2 is 2.00 bits per heavy atom. The van der Waals surface area contributed by atoms with Crippen LogP contribution in [0.4, 0.5) is 0 Å². The Kier molecular flexibility index (Phi) is 7.65. The van der Waals surface area contributed by atoms with E-state index in [4.69, 9.17) is 33.3 Å². The number of rotatable bonds is 6. The number of allylic oxidation sites excluding steroid dienone is 5. The molecular formula is C27H33Cl2N7O.